The molecule has 2 atom stereocenters. The van der Waals surface area contributed by atoms with Gasteiger partial charge in [0.25, 0.3) is 0 Å². The SMILES string of the molecule is CC1CC(CN2CCc3cc(-c4cn[nH]c4)ccc32)CN1C(=O)CCc1ccccc1. The van der Waals surface area contributed by atoms with Gasteiger partial charge in [-0.25, -0.2) is 0 Å². The van der Waals surface area contributed by atoms with E-state index >= 15 is 0 Å². The van der Waals surface area contributed by atoms with Crippen LogP contribution in [0.1, 0.15) is 30.9 Å². The zero-order valence-corrected chi connectivity index (χ0v) is 18.1. The first-order valence-electron chi connectivity index (χ1n) is 11.4. The summed E-state index contributed by atoms with van der Waals surface area (Å²) < 4.78 is 0. The van der Waals surface area contributed by atoms with Crippen LogP contribution in [0.3, 0.4) is 0 Å². The maximum Gasteiger partial charge on any atom is 0.223 e. The largest absolute Gasteiger partial charge is 0.371 e. The number of H-pyrrole nitrogens is 1. The molecule has 0 saturated carbocycles. The number of nitrogens with one attached hydrogen (secondary N) is 1. The van der Waals surface area contributed by atoms with Gasteiger partial charge in [0.05, 0.1) is 6.20 Å². The molecule has 3 heterocycles. The molecule has 0 bridgehead atoms. The van der Waals surface area contributed by atoms with E-state index in [1.54, 1.807) is 0 Å². The summed E-state index contributed by atoms with van der Waals surface area (Å²) in [5.74, 6) is 0.834. The van der Waals surface area contributed by atoms with Crippen molar-refractivity contribution in [2.24, 2.45) is 5.92 Å². The number of nitrogens with zero attached hydrogens (tertiary/aromatic N) is 3. The molecule has 0 radical (unpaired) electrons. The fourth-order valence-electron chi connectivity index (χ4n) is 5.22. The summed E-state index contributed by atoms with van der Waals surface area (Å²) in [6.45, 7) is 5.19. The lowest BCUT2D eigenvalue weighted by molar-refractivity contribution is -0.131. The number of likely N-dealkylation sites (tertiary alicyclic amines) is 1. The van der Waals surface area contributed by atoms with E-state index in [-0.39, 0.29) is 0 Å². The van der Waals surface area contributed by atoms with Crippen LogP contribution in [-0.2, 0) is 17.6 Å². The number of amides is 1. The van der Waals surface area contributed by atoms with Crippen LogP contribution in [0.5, 0.6) is 0 Å². The van der Waals surface area contributed by atoms with Gasteiger partial charge in [0, 0.05) is 49.5 Å². The van der Waals surface area contributed by atoms with Gasteiger partial charge in [-0.1, -0.05) is 36.4 Å². The smallest absolute Gasteiger partial charge is 0.223 e. The molecule has 5 rings (SSSR count). The number of anilines is 1. The molecule has 31 heavy (non-hydrogen) atoms. The number of hydrogen-bond donors (Lipinski definition) is 1. The molecule has 0 aliphatic carbocycles. The third-order valence-corrected chi connectivity index (χ3v) is 6.83. The standard InChI is InChI=1S/C26H30N4O/c1-19-13-21(18-30(19)26(31)10-7-20-5-3-2-4-6-20)17-29-12-11-23-14-22(8-9-25(23)29)24-15-27-28-16-24/h2-6,8-9,14-16,19,21H,7,10-13,17-18H2,1H3,(H,27,28). The van der Waals surface area contributed by atoms with Crippen molar-refractivity contribution in [3.05, 3.63) is 72.1 Å². The molecule has 5 heteroatoms. The molecule has 2 aliphatic rings. The van der Waals surface area contributed by atoms with E-state index in [2.05, 4.69) is 57.3 Å². The second kappa shape index (κ2) is 8.58. The van der Waals surface area contributed by atoms with Crippen LogP contribution in [0.15, 0.2) is 60.9 Å². The van der Waals surface area contributed by atoms with Gasteiger partial charge in [-0.2, -0.15) is 5.10 Å². The molecule has 2 aliphatic heterocycles. The summed E-state index contributed by atoms with van der Waals surface area (Å²) in [6.07, 6.45) is 7.42. The maximum absolute atomic E-state index is 12.9. The molecule has 1 amide bonds. The summed E-state index contributed by atoms with van der Waals surface area (Å²) in [5.41, 5.74) is 6.37. The topological polar surface area (TPSA) is 52.2 Å². The molecule has 1 N–H and O–H groups in total. The number of rotatable bonds is 6. The monoisotopic (exact) mass is 414 g/mol. The van der Waals surface area contributed by atoms with Crippen LogP contribution in [0.2, 0.25) is 0 Å². The molecular weight excluding hydrogens is 384 g/mol. The fourth-order valence-corrected chi connectivity index (χ4v) is 5.22. The van der Waals surface area contributed by atoms with Crippen molar-refractivity contribution in [2.75, 3.05) is 24.5 Å². The van der Waals surface area contributed by atoms with Crippen LogP contribution >= 0.6 is 0 Å². The van der Waals surface area contributed by atoms with E-state index in [0.717, 1.165) is 44.5 Å². The van der Waals surface area contributed by atoms with Crippen molar-refractivity contribution in [1.29, 1.82) is 0 Å². The van der Waals surface area contributed by atoms with Gasteiger partial charge >= 0.3 is 0 Å². The number of carbonyl (C=O) groups is 1. The van der Waals surface area contributed by atoms with Gasteiger partial charge in [0.1, 0.15) is 0 Å². The van der Waals surface area contributed by atoms with Gasteiger partial charge in [0.15, 0.2) is 0 Å². The summed E-state index contributed by atoms with van der Waals surface area (Å²) >= 11 is 0. The highest BCUT2D eigenvalue weighted by molar-refractivity contribution is 5.77. The summed E-state index contributed by atoms with van der Waals surface area (Å²) in [5, 5.41) is 6.96. The molecule has 1 saturated heterocycles. The number of aromatic amines is 1. The molecular formula is C26H30N4O. The molecule has 1 aromatic heterocycles. The molecule has 2 unspecified atom stereocenters. The lowest BCUT2D eigenvalue weighted by atomic mass is 10.0. The van der Waals surface area contributed by atoms with Crippen molar-refractivity contribution in [2.45, 2.75) is 38.6 Å². The molecule has 5 nitrogen and oxygen atoms in total. The number of aromatic nitrogens is 2. The average molecular weight is 415 g/mol. The van der Waals surface area contributed by atoms with Crippen LogP contribution < -0.4 is 4.90 Å². The highest BCUT2D eigenvalue weighted by Gasteiger charge is 2.34. The first-order chi connectivity index (χ1) is 15.2. The third-order valence-electron chi connectivity index (χ3n) is 6.83. The van der Waals surface area contributed by atoms with E-state index in [9.17, 15) is 4.79 Å². The van der Waals surface area contributed by atoms with Crippen LogP contribution in [0, 0.1) is 5.92 Å². The van der Waals surface area contributed by atoms with Crippen molar-refractivity contribution in [3.63, 3.8) is 0 Å². The first-order valence-corrected chi connectivity index (χ1v) is 11.4. The summed E-state index contributed by atoms with van der Waals surface area (Å²) in [6, 6.07) is 17.4. The summed E-state index contributed by atoms with van der Waals surface area (Å²) in [7, 11) is 0. The Morgan fingerprint density at radius 3 is 2.84 bits per heavy atom. The highest BCUT2D eigenvalue weighted by atomic mass is 16.2. The Kier molecular flexibility index (Phi) is 5.49. The normalized spacial score (nSPS) is 20.3. The minimum absolute atomic E-state index is 0.297. The van der Waals surface area contributed by atoms with Gasteiger partial charge in [0.2, 0.25) is 5.91 Å². The second-order valence-electron chi connectivity index (χ2n) is 9.01. The second-order valence-corrected chi connectivity index (χ2v) is 9.01. The number of benzene rings is 2. The third kappa shape index (κ3) is 4.22. The van der Waals surface area contributed by atoms with Crippen molar-refractivity contribution in [1.82, 2.24) is 15.1 Å². The Bertz CT molecular complexity index is 1030. The van der Waals surface area contributed by atoms with Crippen LogP contribution in [0.25, 0.3) is 11.1 Å². The Balaban J connectivity index is 1.19. The number of aryl methyl sites for hydroxylation is 1. The minimum Gasteiger partial charge on any atom is -0.371 e. The quantitative estimate of drug-likeness (QED) is 0.654. The van der Waals surface area contributed by atoms with Gasteiger partial charge in [-0.15, -0.1) is 0 Å². The predicted molar refractivity (Wildman–Crippen MR) is 124 cm³/mol. The van der Waals surface area contributed by atoms with E-state index in [1.165, 1.54) is 22.4 Å². The van der Waals surface area contributed by atoms with E-state index in [0.29, 0.717) is 24.3 Å². The fraction of sp³-hybridized carbons (Fsp3) is 0.385. The molecule has 1 fully saturated rings. The van der Waals surface area contributed by atoms with E-state index < -0.39 is 0 Å². The molecule has 160 valence electrons. The van der Waals surface area contributed by atoms with Gasteiger partial charge < -0.3 is 9.80 Å². The lowest BCUT2D eigenvalue weighted by Gasteiger charge is -2.24. The minimum atomic E-state index is 0.297. The molecule has 0 spiro atoms. The Morgan fingerprint density at radius 1 is 1.16 bits per heavy atom. The van der Waals surface area contributed by atoms with Gasteiger partial charge in [-0.3, -0.25) is 9.89 Å². The first kappa shape index (κ1) is 19.9. The maximum atomic E-state index is 12.9. The van der Waals surface area contributed by atoms with Gasteiger partial charge in [-0.05, 0) is 60.9 Å². The Labute approximate surface area is 184 Å². The Morgan fingerprint density at radius 2 is 2.03 bits per heavy atom. The van der Waals surface area contributed by atoms with Crippen LogP contribution in [0.4, 0.5) is 5.69 Å². The highest BCUT2D eigenvalue weighted by Crippen LogP contribution is 2.34. The summed E-state index contributed by atoms with van der Waals surface area (Å²) in [4.78, 5) is 17.5. The van der Waals surface area contributed by atoms with E-state index in [1.807, 2.05) is 30.6 Å². The number of fused-ring (bicyclic) bond motifs is 1. The average Bonchev–Trinajstić information content (AvgIpc) is 3.53. The molecule has 3 aromatic rings. The number of carbonyl (C=O) groups excluding carboxylic acids is 1. The Hall–Kier alpha value is -3.08. The zero-order chi connectivity index (χ0) is 21.2. The zero-order valence-electron chi connectivity index (χ0n) is 18.1. The van der Waals surface area contributed by atoms with Crippen LogP contribution in [-0.4, -0.2) is 46.7 Å². The van der Waals surface area contributed by atoms with Crippen molar-refractivity contribution >= 4 is 11.6 Å². The van der Waals surface area contributed by atoms with Crippen molar-refractivity contribution in [3.8, 4) is 11.1 Å². The number of hydrogen-bond acceptors (Lipinski definition) is 3. The lowest BCUT2D eigenvalue weighted by Crippen LogP contribution is -2.35. The van der Waals surface area contributed by atoms with E-state index in [4.69, 9.17) is 0 Å². The molecule has 2 aromatic carbocycles. The predicted octanol–water partition coefficient (Wildman–Crippen LogP) is 4.31. The van der Waals surface area contributed by atoms with Crippen molar-refractivity contribution < 1.29 is 4.79 Å².